The minimum atomic E-state index is -4.68. The van der Waals surface area contributed by atoms with E-state index in [1.807, 2.05) is 0 Å². The number of rotatable bonds is 6. The molecule has 0 saturated heterocycles. The highest BCUT2D eigenvalue weighted by Crippen LogP contribution is 2.30. The molecule has 0 atom stereocenters. The maximum absolute atomic E-state index is 13.0. The Morgan fingerprint density at radius 1 is 1.40 bits per heavy atom. The number of ether oxygens (including phenoxy) is 1. The first kappa shape index (κ1) is 19.0. The predicted octanol–water partition coefficient (Wildman–Crippen LogP) is 2.27. The number of hydrogen-bond acceptors (Lipinski definition) is 5. The van der Waals surface area contributed by atoms with Gasteiger partial charge in [-0.15, -0.1) is 0 Å². The zero-order valence-electron chi connectivity index (χ0n) is 13.7. The van der Waals surface area contributed by atoms with Crippen LogP contribution in [0.1, 0.15) is 28.7 Å². The smallest absolute Gasteiger partial charge is 0.435 e. The first-order valence-electron chi connectivity index (χ1n) is 7.57. The molecule has 2 N–H and O–H groups in total. The van der Waals surface area contributed by atoms with Crippen LogP contribution in [0.15, 0.2) is 30.3 Å². The van der Waals surface area contributed by atoms with Gasteiger partial charge < -0.3 is 15.0 Å². The lowest BCUT2D eigenvalue weighted by Crippen LogP contribution is -2.29. The molecule has 0 aliphatic heterocycles. The van der Waals surface area contributed by atoms with E-state index in [1.54, 1.807) is 31.9 Å². The van der Waals surface area contributed by atoms with Gasteiger partial charge in [0.15, 0.2) is 11.4 Å². The lowest BCUT2D eigenvalue weighted by molar-refractivity contribution is -0.141. The van der Waals surface area contributed by atoms with Crippen molar-refractivity contribution in [3.05, 3.63) is 47.3 Å². The van der Waals surface area contributed by atoms with Crippen molar-refractivity contribution in [2.24, 2.45) is 0 Å². The van der Waals surface area contributed by atoms with Gasteiger partial charge in [-0.3, -0.25) is 0 Å². The second-order valence-corrected chi connectivity index (χ2v) is 5.27. The highest BCUT2D eigenvalue weighted by Gasteiger charge is 2.36. The van der Waals surface area contributed by atoms with Gasteiger partial charge in [-0.25, -0.2) is 9.48 Å². The van der Waals surface area contributed by atoms with Crippen molar-refractivity contribution >= 4 is 13.0 Å². The van der Waals surface area contributed by atoms with E-state index in [0.29, 0.717) is 18.2 Å². The Hall–Kier alpha value is -2.33. The Balaban J connectivity index is 2.44. The number of aromatic nitrogens is 2. The van der Waals surface area contributed by atoms with Gasteiger partial charge in [0.1, 0.15) is 0 Å². The molecule has 2 aromatic rings. The molecule has 1 aromatic carbocycles. The molecule has 0 spiro atoms. The van der Waals surface area contributed by atoms with Gasteiger partial charge in [0.05, 0.1) is 12.3 Å². The fraction of sp³-hybridized carbons (Fsp3) is 0.333. The third-order valence-electron chi connectivity index (χ3n) is 3.24. The molecule has 134 valence electrons. The summed E-state index contributed by atoms with van der Waals surface area (Å²) >= 11 is 0. The maximum Gasteiger partial charge on any atom is 0.435 e. The van der Waals surface area contributed by atoms with Crippen molar-refractivity contribution in [1.29, 1.82) is 0 Å². The number of hydrogen-bond donors (Lipinski definition) is 2. The summed E-state index contributed by atoms with van der Waals surface area (Å²) in [5.74, 6) is -0.891. The third kappa shape index (κ3) is 4.83. The van der Waals surface area contributed by atoms with Gasteiger partial charge in [-0.2, -0.15) is 18.3 Å². The number of alkyl halides is 3. The van der Waals surface area contributed by atoms with Crippen LogP contribution in [0.25, 0.3) is 5.69 Å². The number of carbonyl (C=O) groups excluding carboxylic acids is 1. The molecule has 10 heteroatoms. The average Bonchev–Trinajstić information content (AvgIpc) is 2.99. The molecule has 2 rings (SSSR count). The van der Waals surface area contributed by atoms with Gasteiger partial charge >= 0.3 is 19.2 Å². The Kier molecular flexibility index (Phi) is 5.86. The van der Waals surface area contributed by atoms with Gasteiger partial charge in [-0.05, 0) is 31.4 Å². The molecule has 0 amide bonds. The third-order valence-corrected chi connectivity index (χ3v) is 3.24. The summed E-state index contributed by atoms with van der Waals surface area (Å²) in [5.41, 5.74) is -0.501. The second-order valence-electron chi connectivity index (χ2n) is 5.27. The molecule has 6 nitrogen and oxygen atoms in total. The van der Waals surface area contributed by atoms with Gasteiger partial charge in [-0.1, -0.05) is 12.1 Å². The number of nitrogens with zero attached hydrogens (tertiary/aromatic N) is 2. The second kappa shape index (κ2) is 7.71. The summed E-state index contributed by atoms with van der Waals surface area (Å²) in [6, 6.07) is 7.13. The Bertz CT molecular complexity index is 747. The molecule has 25 heavy (non-hydrogen) atoms. The summed E-state index contributed by atoms with van der Waals surface area (Å²) in [6.07, 6.45) is -4.68. The van der Waals surface area contributed by atoms with Crippen LogP contribution in [0.4, 0.5) is 13.2 Å². The normalized spacial score (nSPS) is 11.4. The lowest BCUT2D eigenvalue weighted by atomic mass is 9.88. The molecule has 0 aliphatic carbocycles. The highest BCUT2D eigenvalue weighted by molar-refractivity contribution is 6.45. The van der Waals surface area contributed by atoms with Crippen LogP contribution >= 0.6 is 0 Å². The molecule has 1 aromatic heterocycles. The van der Waals surface area contributed by atoms with Crippen LogP contribution in [0, 0.1) is 0 Å². The van der Waals surface area contributed by atoms with Crippen molar-refractivity contribution in [2.75, 3.05) is 6.61 Å². The Morgan fingerprint density at radius 2 is 2.12 bits per heavy atom. The number of nitrogens with one attached hydrogen (secondary N) is 1. The fourth-order valence-electron chi connectivity index (χ4n) is 2.13. The van der Waals surface area contributed by atoms with E-state index in [9.17, 15) is 23.0 Å². The van der Waals surface area contributed by atoms with Crippen LogP contribution < -0.4 is 5.23 Å². The zero-order chi connectivity index (χ0) is 18.6. The van der Waals surface area contributed by atoms with Crippen LogP contribution in [0.5, 0.6) is 0 Å². The van der Waals surface area contributed by atoms with E-state index in [4.69, 9.17) is 4.74 Å². The minimum absolute atomic E-state index is 0.0315. The van der Waals surface area contributed by atoms with Gasteiger partial charge in [0, 0.05) is 12.6 Å². The van der Waals surface area contributed by atoms with Crippen molar-refractivity contribution in [3.8, 4) is 5.69 Å². The molecule has 1 heterocycles. The molecular weight excluding hydrogens is 338 g/mol. The molecule has 0 radical (unpaired) electrons. The Labute approximate surface area is 142 Å². The zero-order valence-corrected chi connectivity index (χ0v) is 13.7. The number of benzene rings is 1. The van der Waals surface area contributed by atoms with E-state index in [-0.39, 0.29) is 18.0 Å². The Morgan fingerprint density at radius 3 is 2.72 bits per heavy atom. The van der Waals surface area contributed by atoms with Crippen LogP contribution in [0.2, 0.25) is 6.82 Å². The topological polar surface area (TPSA) is 76.4 Å². The lowest BCUT2D eigenvalue weighted by Gasteiger charge is -2.10. The van der Waals surface area contributed by atoms with E-state index in [1.165, 1.54) is 6.07 Å². The maximum atomic E-state index is 13.0. The molecule has 0 bridgehead atoms. The standard InChI is InChI=1S/C15H17BF3N3O3/c1-3-25-14(23)12-8-13(15(17,18)19)21-22(12)11-6-4-5-10(7-11)9-20-16(2)24/h4-8,20,24H,3,9H2,1-2H3. The van der Waals surface area contributed by atoms with Crippen molar-refractivity contribution in [1.82, 2.24) is 15.0 Å². The van der Waals surface area contributed by atoms with E-state index >= 15 is 0 Å². The van der Waals surface area contributed by atoms with Crippen molar-refractivity contribution < 1.29 is 27.7 Å². The summed E-state index contributed by atoms with van der Waals surface area (Å²) in [4.78, 5) is 12.0. The largest absolute Gasteiger partial charge is 0.461 e. The summed E-state index contributed by atoms with van der Waals surface area (Å²) in [7, 11) is -0.736. The molecule has 0 aliphatic rings. The minimum Gasteiger partial charge on any atom is -0.461 e. The molecule has 0 unspecified atom stereocenters. The predicted molar refractivity (Wildman–Crippen MR) is 85.2 cm³/mol. The van der Waals surface area contributed by atoms with E-state index in [0.717, 1.165) is 4.68 Å². The first-order valence-corrected chi connectivity index (χ1v) is 7.57. The molecule has 0 fully saturated rings. The highest BCUT2D eigenvalue weighted by atomic mass is 19.4. The van der Waals surface area contributed by atoms with E-state index in [2.05, 4.69) is 10.3 Å². The number of halogens is 3. The SMILES string of the molecule is CCOC(=O)c1cc(C(F)(F)F)nn1-c1cccc(CNB(C)O)c1. The summed E-state index contributed by atoms with van der Waals surface area (Å²) in [6.45, 7) is 3.44. The summed E-state index contributed by atoms with van der Waals surface area (Å²) < 4.78 is 44.6. The fourth-order valence-corrected chi connectivity index (χ4v) is 2.13. The van der Waals surface area contributed by atoms with E-state index < -0.39 is 24.9 Å². The van der Waals surface area contributed by atoms with Crippen LogP contribution in [0.3, 0.4) is 0 Å². The first-order chi connectivity index (χ1) is 11.7. The van der Waals surface area contributed by atoms with Crippen molar-refractivity contribution in [2.45, 2.75) is 26.5 Å². The van der Waals surface area contributed by atoms with Crippen molar-refractivity contribution in [3.63, 3.8) is 0 Å². The van der Waals surface area contributed by atoms with Gasteiger partial charge in [0.25, 0.3) is 0 Å². The quantitative estimate of drug-likeness (QED) is 0.614. The summed E-state index contributed by atoms with van der Waals surface area (Å²) in [5, 5.41) is 15.5. The monoisotopic (exact) mass is 355 g/mol. The van der Waals surface area contributed by atoms with Crippen LogP contribution in [-0.2, 0) is 17.5 Å². The molecule has 0 saturated carbocycles. The average molecular weight is 355 g/mol. The number of carbonyl (C=O) groups is 1. The van der Waals surface area contributed by atoms with Crippen LogP contribution in [-0.4, -0.2) is 34.4 Å². The van der Waals surface area contributed by atoms with Gasteiger partial charge in [0.2, 0.25) is 0 Å². The number of esters is 1. The molecular formula is C15H17BF3N3O3.